The highest BCUT2D eigenvalue weighted by molar-refractivity contribution is 7.98. The van der Waals surface area contributed by atoms with Crippen molar-refractivity contribution in [2.45, 2.75) is 49.6 Å². The van der Waals surface area contributed by atoms with Crippen molar-refractivity contribution < 1.29 is 22.7 Å². The van der Waals surface area contributed by atoms with E-state index in [1.807, 2.05) is 57.4 Å². The monoisotopic (exact) mass is 583 g/mol. The average Bonchev–Trinajstić information content (AvgIpc) is 2.97. The van der Waals surface area contributed by atoms with Crippen LogP contribution in [0.15, 0.2) is 88.7 Å². The molecule has 1 atom stereocenters. The van der Waals surface area contributed by atoms with Gasteiger partial charge in [-0.1, -0.05) is 49.4 Å². The Hall–Kier alpha value is -3.50. The summed E-state index contributed by atoms with van der Waals surface area (Å²) in [4.78, 5) is 29.5. The fourth-order valence-electron chi connectivity index (χ4n) is 4.32. The number of rotatable bonds is 14. The second-order valence-electron chi connectivity index (χ2n) is 8.91. The van der Waals surface area contributed by atoms with E-state index >= 15 is 0 Å². The number of hydrogen-bond acceptors (Lipinski definition) is 6. The number of para-hydroxylation sites is 2. The van der Waals surface area contributed by atoms with Crippen LogP contribution in [0.3, 0.4) is 0 Å². The van der Waals surface area contributed by atoms with Crippen molar-refractivity contribution in [1.29, 1.82) is 0 Å². The molecule has 8 nitrogen and oxygen atoms in total. The SMILES string of the molecule is CCNC(=O)C(CC)N(Cc1ccccc1)C(=O)CN(c1ccccc1OCC)S(=O)(=O)c1ccc(SC)cc1. The van der Waals surface area contributed by atoms with Crippen LogP contribution in [0.5, 0.6) is 5.75 Å². The molecule has 0 aliphatic heterocycles. The van der Waals surface area contributed by atoms with Crippen molar-refractivity contribution in [3.05, 3.63) is 84.4 Å². The summed E-state index contributed by atoms with van der Waals surface area (Å²) in [7, 11) is -4.19. The maximum absolute atomic E-state index is 14.1. The van der Waals surface area contributed by atoms with Crippen LogP contribution in [0, 0.1) is 0 Å². The van der Waals surface area contributed by atoms with Crippen LogP contribution in [0.1, 0.15) is 32.8 Å². The lowest BCUT2D eigenvalue weighted by atomic mass is 10.1. The normalized spacial score (nSPS) is 11.9. The van der Waals surface area contributed by atoms with Crippen molar-refractivity contribution in [2.24, 2.45) is 0 Å². The van der Waals surface area contributed by atoms with Gasteiger partial charge in [-0.05, 0) is 68.5 Å². The van der Waals surface area contributed by atoms with Crippen LogP contribution in [0.4, 0.5) is 5.69 Å². The third-order valence-electron chi connectivity index (χ3n) is 6.29. The second kappa shape index (κ2) is 14.8. The number of carbonyl (C=O) groups is 2. The number of benzene rings is 3. The van der Waals surface area contributed by atoms with Crippen LogP contribution < -0.4 is 14.4 Å². The first-order chi connectivity index (χ1) is 19.3. The van der Waals surface area contributed by atoms with Crippen molar-refractivity contribution in [3.8, 4) is 5.75 Å². The van der Waals surface area contributed by atoms with Crippen LogP contribution in [-0.4, -0.2) is 57.1 Å². The Morgan fingerprint density at radius 2 is 1.57 bits per heavy atom. The molecule has 2 amide bonds. The molecule has 0 aliphatic carbocycles. The first kappa shape index (κ1) is 31.0. The van der Waals surface area contributed by atoms with E-state index in [2.05, 4.69) is 5.32 Å². The predicted octanol–water partition coefficient (Wildman–Crippen LogP) is 4.95. The van der Waals surface area contributed by atoms with Gasteiger partial charge in [-0.25, -0.2) is 8.42 Å². The summed E-state index contributed by atoms with van der Waals surface area (Å²) in [5.74, 6) is -0.448. The number of anilines is 1. The van der Waals surface area contributed by atoms with E-state index in [-0.39, 0.29) is 23.0 Å². The minimum absolute atomic E-state index is 0.0507. The molecule has 0 heterocycles. The Bertz CT molecular complexity index is 1370. The number of ether oxygens (including phenoxy) is 1. The van der Waals surface area contributed by atoms with E-state index < -0.39 is 28.5 Å². The Kier molecular flexibility index (Phi) is 11.5. The summed E-state index contributed by atoms with van der Waals surface area (Å²) in [6, 6.07) is 21.8. The molecule has 0 radical (unpaired) electrons. The van der Waals surface area contributed by atoms with E-state index in [4.69, 9.17) is 4.74 Å². The number of thioether (sulfide) groups is 1. The largest absolute Gasteiger partial charge is 0.492 e. The van der Waals surface area contributed by atoms with E-state index in [1.165, 1.54) is 28.8 Å². The van der Waals surface area contributed by atoms with Crippen LogP contribution in [0.25, 0.3) is 0 Å². The lowest BCUT2D eigenvalue weighted by Crippen LogP contribution is -2.52. The molecular formula is C30H37N3O5S2. The molecule has 10 heteroatoms. The Labute approximate surface area is 241 Å². The molecule has 3 rings (SSSR count). The van der Waals surface area contributed by atoms with Crippen LogP contribution >= 0.6 is 11.8 Å². The first-order valence-corrected chi connectivity index (χ1v) is 15.9. The van der Waals surface area contributed by atoms with Crippen molar-refractivity contribution in [2.75, 3.05) is 30.3 Å². The molecule has 1 unspecified atom stereocenters. The van der Waals surface area contributed by atoms with Crippen molar-refractivity contribution >= 4 is 39.3 Å². The second-order valence-corrected chi connectivity index (χ2v) is 11.7. The molecule has 0 bridgehead atoms. The Balaban J connectivity index is 2.10. The molecule has 3 aromatic carbocycles. The van der Waals surface area contributed by atoms with Gasteiger partial charge in [0.25, 0.3) is 10.0 Å². The lowest BCUT2D eigenvalue weighted by molar-refractivity contribution is -0.140. The summed E-state index contributed by atoms with van der Waals surface area (Å²) in [6.45, 7) is 5.82. The molecule has 0 saturated heterocycles. The van der Waals surface area contributed by atoms with Crippen LogP contribution in [-0.2, 0) is 26.2 Å². The molecule has 3 aromatic rings. The summed E-state index contributed by atoms with van der Waals surface area (Å²) < 4.78 is 35.0. The molecule has 214 valence electrons. The van der Waals surface area contributed by atoms with Gasteiger partial charge in [-0.15, -0.1) is 11.8 Å². The summed E-state index contributed by atoms with van der Waals surface area (Å²) >= 11 is 1.50. The highest BCUT2D eigenvalue weighted by atomic mass is 32.2. The zero-order valence-electron chi connectivity index (χ0n) is 23.4. The van der Waals surface area contributed by atoms with Gasteiger partial charge in [-0.2, -0.15) is 0 Å². The van der Waals surface area contributed by atoms with Gasteiger partial charge >= 0.3 is 0 Å². The number of nitrogens with one attached hydrogen (secondary N) is 1. The van der Waals surface area contributed by atoms with E-state index in [1.54, 1.807) is 36.4 Å². The topological polar surface area (TPSA) is 96.0 Å². The fourth-order valence-corrected chi connectivity index (χ4v) is 6.15. The Morgan fingerprint density at radius 1 is 0.925 bits per heavy atom. The number of sulfonamides is 1. The van der Waals surface area contributed by atoms with Gasteiger partial charge in [0.2, 0.25) is 11.8 Å². The molecule has 0 fully saturated rings. The first-order valence-electron chi connectivity index (χ1n) is 13.3. The van der Waals surface area contributed by atoms with Crippen molar-refractivity contribution in [1.82, 2.24) is 10.2 Å². The predicted molar refractivity (Wildman–Crippen MR) is 160 cm³/mol. The highest BCUT2D eigenvalue weighted by Gasteiger charge is 2.34. The zero-order valence-corrected chi connectivity index (χ0v) is 25.0. The molecule has 40 heavy (non-hydrogen) atoms. The van der Waals surface area contributed by atoms with E-state index in [9.17, 15) is 18.0 Å². The molecule has 0 aromatic heterocycles. The zero-order chi connectivity index (χ0) is 29.1. The number of hydrogen-bond donors (Lipinski definition) is 1. The summed E-state index contributed by atoms with van der Waals surface area (Å²) in [6.07, 6.45) is 2.27. The van der Waals surface area contributed by atoms with Gasteiger partial charge in [0, 0.05) is 18.0 Å². The Morgan fingerprint density at radius 3 is 2.17 bits per heavy atom. The minimum Gasteiger partial charge on any atom is -0.492 e. The standard InChI is InChI=1S/C30H37N3O5S2/c1-5-26(30(35)31-6-2)32(21-23-13-9-8-10-14-23)29(34)22-33(27-15-11-12-16-28(27)38-7-3)40(36,37)25-19-17-24(39-4)18-20-25/h8-20,26H,5-7,21-22H2,1-4H3,(H,31,35). The number of likely N-dealkylation sites (N-methyl/N-ethyl adjacent to an activating group) is 1. The third-order valence-corrected chi connectivity index (χ3v) is 8.81. The number of nitrogens with zero attached hydrogens (tertiary/aromatic N) is 2. The fraction of sp³-hybridized carbons (Fsp3) is 0.333. The number of amides is 2. The number of carbonyl (C=O) groups excluding carboxylic acids is 2. The van der Waals surface area contributed by atoms with E-state index in [0.717, 1.165) is 14.8 Å². The van der Waals surface area contributed by atoms with Crippen molar-refractivity contribution in [3.63, 3.8) is 0 Å². The van der Waals surface area contributed by atoms with Gasteiger partial charge in [0.15, 0.2) is 0 Å². The highest BCUT2D eigenvalue weighted by Crippen LogP contribution is 2.33. The van der Waals surface area contributed by atoms with E-state index in [0.29, 0.717) is 25.3 Å². The maximum Gasteiger partial charge on any atom is 0.264 e. The van der Waals surface area contributed by atoms with Gasteiger partial charge in [-0.3, -0.25) is 13.9 Å². The molecule has 1 N–H and O–H groups in total. The molecule has 0 aliphatic rings. The molecule has 0 saturated carbocycles. The van der Waals surface area contributed by atoms with Gasteiger partial charge in [0.1, 0.15) is 18.3 Å². The average molecular weight is 584 g/mol. The smallest absolute Gasteiger partial charge is 0.264 e. The van der Waals surface area contributed by atoms with Gasteiger partial charge in [0.05, 0.1) is 17.2 Å². The molecule has 0 spiro atoms. The van der Waals surface area contributed by atoms with Crippen LogP contribution in [0.2, 0.25) is 0 Å². The third kappa shape index (κ3) is 7.57. The lowest BCUT2D eigenvalue weighted by Gasteiger charge is -2.33. The minimum atomic E-state index is -4.19. The molecular weight excluding hydrogens is 546 g/mol. The quantitative estimate of drug-likeness (QED) is 0.270. The summed E-state index contributed by atoms with van der Waals surface area (Å²) in [5, 5.41) is 2.81. The van der Waals surface area contributed by atoms with Gasteiger partial charge < -0.3 is 15.0 Å². The maximum atomic E-state index is 14.1. The summed E-state index contributed by atoms with van der Waals surface area (Å²) in [5.41, 5.74) is 1.08.